The summed E-state index contributed by atoms with van der Waals surface area (Å²) in [6.45, 7) is 4.61. The molecular weight excluding hydrogens is 521 g/mol. The molecule has 3 aromatic carbocycles. The van der Waals surface area contributed by atoms with Gasteiger partial charge < -0.3 is 9.64 Å². The number of halogens is 2. The lowest BCUT2D eigenvalue weighted by molar-refractivity contribution is 0.0655. The maximum absolute atomic E-state index is 14.0. The van der Waals surface area contributed by atoms with Crippen molar-refractivity contribution in [1.82, 2.24) is 14.5 Å². The molecule has 4 rings (SSSR count). The fourth-order valence-corrected chi connectivity index (χ4v) is 4.99. The van der Waals surface area contributed by atoms with E-state index in [1.807, 2.05) is 49.4 Å². The van der Waals surface area contributed by atoms with Gasteiger partial charge in [-0.1, -0.05) is 74.2 Å². The number of ether oxygens (including phenoxy) is 1. The van der Waals surface area contributed by atoms with Crippen LogP contribution in [0.3, 0.4) is 0 Å². The van der Waals surface area contributed by atoms with E-state index >= 15 is 0 Å². The summed E-state index contributed by atoms with van der Waals surface area (Å²) in [5.74, 6) is 0.822. The number of hydrogen-bond donors (Lipinski definition) is 0. The summed E-state index contributed by atoms with van der Waals surface area (Å²) < 4.78 is 7.21. The van der Waals surface area contributed by atoms with Crippen LogP contribution in [0.1, 0.15) is 61.8 Å². The first-order valence-corrected chi connectivity index (χ1v) is 13.6. The van der Waals surface area contributed by atoms with Crippen LogP contribution in [0, 0.1) is 0 Å². The molecule has 0 spiro atoms. The first-order valence-electron chi connectivity index (χ1n) is 12.8. The topological polar surface area (TPSA) is 64.4 Å². The number of unbranched alkanes of at least 4 members (excludes halogenated alkanes) is 2. The van der Waals surface area contributed by atoms with Crippen LogP contribution in [0.25, 0.3) is 16.6 Å². The summed E-state index contributed by atoms with van der Waals surface area (Å²) in [6, 6.07) is 19.0. The minimum Gasteiger partial charge on any atom is -0.495 e. The molecule has 1 atom stereocenters. The Bertz CT molecular complexity index is 1500. The molecule has 0 radical (unpaired) electrons. The van der Waals surface area contributed by atoms with Crippen molar-refractivity contribution in [3.63, 3.8) is 0 Å². The van der Waals surface area contributed by atoms with E-state index < -0.39 is 6.04 Å². The Kier molecular flexibility index (Phi) is 9.08. The second kappa shape index (κ2) is 12.5. The highest BCUT2D eigenvalue weighted by atomic mass is 35.5. The van der Waals surface area contributed by atoms with Gasteiger partial charge in [0, 0.05) is 12.1 Å². The lowest BCUT2D eigenvalue weighted by atomic mass is 10.1. The second-order valence-corrected chi connectivity index (χ2v) is 9.87. The monoisotopic (exact) mass is 551 g/mol. The Morgan fingerprint density at radius 2 is 1.74 bits per heavy atom. The highest BCUT2D eigenvalue weighted by Crippen LogP contribution is 2.31. The molecule has 6 nitrogen and oxygen atoms in total. The number of hydrogen-bond acceptors (Lipinski definition) is 4. The third-order valence-corrected chi connectivity index (χ3v) is 7.36. The number of rotatable bonds is 10. The minimum atomic E-state index is -0.490. The van der Waals surface area contributed by atoms with Crippen LogP contribution in [0.2, 0.25) is 10.0 Å². The van der Waals surface area contributed by atoms with Gasteiger partial charge in [-0.05, 0) is 55.3 Å². The molecule has 0 bridgehead atoms. The maximum Gasteiger partial charge on any atom is 0.266 e. The Hall–Kier alpha value is -3.35. The van der Waals surface area contributed by atoms with E-state index in [1.165, 1.54) is 0 Å². The quantitative estimate of drug-likeness (QED) is 0.191. The molecule has 0 N–H and O–H groups in total. The predicted octanol–water partition coefficient (Wildman–Crippen LogP) is 7.48. The minimum absolute atomic E-state index is 0.194. The van der Waals surface area contributed by atoms with Gasteiger partial charge in [0.1, 0.15) is 11.6 Å². The molecule has 1 heterocycles. The molecular formula is C30H31Cl2N3O3. The fraction of sp³-hybridized carbons (Fsp3) is 0.300. The van der Waals surface area contributed by atoms with Gasteiger partial charge in [-0.15, -0.1) is 0 Å². The number of methoxy groups -OCH3 is 1. The number of nitrogens with zero attached hydrogens (tertiary/aromatic N) is 3. The normalized spacial score (nSPS) is 11.9. The maximum atomic E-state index is 14.0. The molecule has 0 aliphatic heterocycles. The highest BCUT2D eigenvalue weighted by Gasteiger charge is 2.30. The zero-order valence-corrected chi connectivity index (χ0v) is 23.3. The van der Waals surface area contributed by atoms with E-state index in [4.69, 9.17) is 32.9 Å². The van der Waals surface area contributed by atoms with Crippen LogP contribution < -0.4 is 10.3 Å². The summed E-state index contributed by atoms with van der Waals surface area (Å²) in [7, 11) is 1.57. The van der Waals surface area contributed by atoms with Crippen LogP contribution in [0.5, 0.6) is 5.75 Å². The van der Waals surface area contributed by atoms with Crippen molar-refractivity contribution in [2.75, 3.05) is 13.7 Å². The molecule has 1 unspecified atom stereocenters. The summed E-state index contributed by atoms with van der Waals surface area (Å²) >= 11 is 12.4. The molecule has 198 valence electrons. The lowest BCUT2D eigenvalue weighted by Gasteiger charge is -2.33. The molecule has 38 heavy (non-hydrogen) atoms. The van der Waals surface area contributed by atoms with Crippen molar-refractivity contribution >= 4 is 40.0 Å². The summed E-state index contributed by atoms with van der Waals surface area (Å²) in [5, 5.41) is 1.19. The van der Waals surface area contributed by atoms with Gasteiger partial charge in [0.2, 0.25) is 0 Å². The van der Waals surface area contributed by atoms with Gasteiger partial charge in [0.25, 0.3) is 11.5 Å². The zero-order chi connectivity index (χ0) is 27.2. The largest absolute Gasteiger partial charge is 0.495 e. The summed E-state index contributed by atoms with van der Waals surface area (Å²) in [4.78, 5) is 34.7. The Labute approximate surface area is 232 Å². The fourth-order valence-electron chi connectivity index (χ4n) is 4.69. The van der Waals surface area contributed by atoms with Crippen LogP contribution in [-0.2, 0) is 0 Å². The molecule has 0 aliphatic rings. The Morgan fingerprint density at radius 1 is 1.00 bits per heavy atom. The Morgan fingerprint density at radius 3 is 2.45 bits per heavy atom. The van der Waals surface area contributed by atoms with Crippen molar-refractivity contribution in [1.29, 1.82) is 0 Å². The number of benzene rings is 3. The van der Waals surface area contributed by atoms with Gasteiger partial charge in [0.05, 0.1) is 39.8 Å². The van der Waals surface area contributed by atoms with Crippen LogP contribution >= 0.6 is 23.2 Å². The van der Waals surface area contributed by atoms with Crippen LogP contribution in [0.4, 0.5) is 0 Å². The highest BCUT2D eigenvalue weighted by molar-refractivity contribution is 6.42. The van der Waals surface area contributed by atoms with E-state index in [2.05, 4.69) is 6.92 Å². The lowest BCUT2D eigenvalue weighted by Crippen LogP contribution is -2.39. The molecule has 0 saturated carbocycles. The van der Waals surface area contributed by atoms with Crippen molar-refractivity contribution in [2.24, 2.45) is 0 Å². The van der Waals surface area contributed by atoms with E-state index in [-0.39, 0.29) is 11.5 Å². The van der Waals surface area contributed by atoms with Crippen LogP contribution in [0.15, 0.2) is 71.5 Å². The molecule has 0 fully saturated rings. The number of amides is 1. The number of aromatic nitrogens is 2. The van der Waals surface area contributed by atoms with Gasteiger partial charge in [-0.2, -0.15) is 0 Å². The molecule has 8 heteroatoms. The van der Waals surface area contributed by atoms with Gasteiger partial charge in [-0.3, -0.25) is 14.2 Å². The van der Waals surface area contributed by atoms with Crippen LogP contribution in [-0.4, -0.2) is 34.0 Å². The van der Waals surface area contributed by atoms with E-state index in [0.717, 1.165) is 19.3 Å². The standard InChI is InChI=1S/C30H31Cl2N3O3/c1-4-6-11-18-34(29(36)20-16-17-22(31)23(32)19-20)25(5-2)28-33-24-13-8-7-12-21(24)30(37)35(28)26-14-9-10-15-27(26)38-3/h7-10,12-17,19,25H,4-6,11,18H2,1-3H3. The Balaban J connectivity index is 1.95. The van der Waals surface area contributed by atoms with Gasteiger partial charge >= 0.3 is 0 Å². The zero-order valence-electron chi connectivity index (χ0n) is 21.8. The SMILES string of the molecule is CCCCCN(C(=O)c1ccc(Cl)c(Cl)c1)C(CC)c1nc2ccccc2c(=O)n1-c1ccccc1OC. The molecule has 0 saturated heterocycles. The molecule has 4 aromatic rings. The third kappa shape index (κ3) is 5.57. The smallest absolute Gasteiger partial charge is 0.266 e. The van der Waals surface area contributed by atoms with Crippen molar-refractivity contribution in [3.05, 3.63) is 98.5 Å². The average Bonchev–Trinajstić information content (AvgIpc) is 2.94. The van der Waals surface area contributed by atoms with Crippen molar-refractivity contribution < 1.29 is 9.53 Å². The number of fused-ring (bicyclic) bond motifs is 1. The predicted molar refractivity (Wildman–Crippen MR) is 154 cm³/mol. The first kappa shape index (κ1) is 27.7. The molecule has 0 aliphatic carbocycles. The molecule has 1 amide bonds. The first-order chi connectivity index (χ1) is 18.4. The number of carbonyl (C=O) groups excluding carboxylic acids is 1. The van der Waals surface area contributed by atoms with Crippen molar-refractivity contribution in [2.45, 2.75) is 45.6 Å². The van der Waals surface area contributed by atoms with Gasteiger partial charge in [0.15, 0.2) is 0 Å². The summed E-state index contributed by atoms with van der Waals surface area (Å²) in [6.07, 6.45) is 3.32. The van der Waals surface area contributed by atoms with E-state index in [9.17, 15) is 9.59 Å². The molecule has 1 aromatic heterocycles. The second-order valence-electron chi connectivity index (χ2n) is 9.06. The number of para-hydroxylation sites is 3. The number of carbonyl (C=O) groups is 1. The van der Waals surface area contributed by atoms with E-state index in [0.29, 0.717) is 56.7 Å². The third-order valence-electron chi connectivity index (χ3n) is 6.62. The van der Waals surface area contributed by atoms with Gasteiger partial charge in [-0.25, -0.2) is 4.98 Å². The van der Waals surface area contributed by atoms with Crippen molar-refractivity contribution in [3.8, 4) is 11.4 Å². The van der Waals surface area contributed by atoms with E-state index in [1.54, 1.807) is 40.8 Å². The summed E-state index contributed by atoms with van der Waals surface area (Å²) in [5.41, 5.74) is 1.36. The average molecular weight is 553 g/mol.